The molecule has 3 nitrogen and oxygen atoms in total. The number of carbonyl (C=O) groups is 1. The first kappa shape index (κ1) is 14.1. The van der Waals surface area contributed by atoms with Gasteiger partial charge < -0.3 is 5.32 Å². The van der Waals surface area contributed by atoms with E-state index >= 15 is 0 Å². The molecule has 19 heavy (non-hydrogen) atoms. The number of allylic oxidation sites excluding steroid dienone is 2. The second kappa shape index (κ2) is 6.23. The van der Waals surface area contributed by atoms with E-state index in [9.17, 15) is 10.1 Å². The van der Waals surface area contributed by atoms with Gasteiger partial charge in [-0.1, -0.05) is 31.4 Å². The van der Waals surface area contributed by atoms with E-state index in [-0.39, 0.29) is 5.91 Å². The number of rotatable bonds is 4. The fraction of sp³-hybridized carbons (Fsp3) is 0.750. The maximum atomic E-state index is 12.1. The van der Waals surface area contributed by atoms with Gasteiger partial charge in [-0.25, -0.2) is 0 Å². The molecule has 0 radical (unpaired) electrons. The van der Waals surface area contributed by atoms with Crippen LogP contribution in [0.15, 0.2) is 12.2 Å². The predicted octanol–water partition coefficient (Wildman–Crippen LogP) is 3.32. The van der Waals surface area contributed by atoms with Crippen molar-refractivity contribution in [2.24, 2.45) is 11.8 Å². The Hall–Kier alpha value is -1.30. The Morgan fingerprint density at radius 3 is 2.68 bits per heavy atom. The molecule has 2 rings (SSSR count). The first-order valence-electron chi connectivity index (χ1n) is 7.53. The van der Waals surface area contributed by atoms with Crippen molar-refractivity contribution in [2.45, 2.75) is 63.8 Å². The Morgan fingerprint density at radius 1 is 1.37 bits per heavy atom. The quantitative estimate of drug-likeness (QED) is 0.788. The van der Waals surface area contributed by atoms with E-state index in [4.69, 9.17) is 0 Å². The van der Waals surface area contributed by atoms with Gasteiger partial charge in [-0.05, 0) is 44.4 Å². The average Bonchev–Trinajstić information content (AvgIpc) is 2.92. The number of nitrogens with zero attached hydrogens (tertiary/aromatic N) is 1. The van der Waals surface area contributed by atoms with Crippen LogP contribution in [0.1, 0.15) is 58.3 Å². The van der Waals surface area contributed by atoms with Crippen molar-refractivity contribution in [3.63, 3.8) is 0 Å². The zero-order chi connectivity index (χ0) is 13.7. The van der Waals surface area contributed by atoms with Gasteiger partial charge in [0.1, 0.15) is 5.54 Å². The average molecular weight is 260 g/mol. The minimum Gasteiger partial charge on any atom is -0.338 e. The number of carbonyl (C=O) groups excluding carboxylic acids is 1. The van der Waals surface area contributed by atoms with E-state index in [1.54, 1.807) is 0 Å². The summed E-state index contributed by atoms with van der Waals surface area (Å²) in [6.45, 7) is 1.89. The van der Waals surface area contributed by atoms with Crippen LogP contribution in [0.5, 0.6) is 0 Å². The molecule has 0 heterocycles. The van der Waals surface area contributed by atoms with Crippen molar-refractivity contribution in [1.29, 1.82) is 5.26 Å². The zero-order valence-corrected chi connectivity index (χ0v) is 11.8. The lowest BCUT2D eigenvalue weighted by atomic mass is 9.76. The van der Waals surface area contributed by atoms with Gasteiger partial charge in [-0.3, -0.25) is 4.79 Å². The minimum absolute atomic E-state index is 0.0335. The van der Waals surface area contributed by atoms with Crippen LogP contribution in [0, 0.1) is 23.2 Å². The first-order chi connectivity index (χ1) is 9.14. The van der Waals surface area contributed by atoms with Crippen LogP contribution < -0.4 is 5.32 Å². The molecule has 0 bridgehead atoms. The number of hydrogen-bond donors (Lipinski definition) is 1. The molecule has 2 aliphatic rings. The van der Waals surface area contributed by atoms with Crippen LogP contribution in [-0.4, -0.2) is 11.4 Å². The van der Waals surface area contributed by atoms with Crippen LogP contribution in [0.4, 0.5) is 0 Å². The van der Waals surface area contributed by atoms with Crippen LogP contribution in [0.25, 0.3) is 0 Å². The summed E-state index contributed by atoms with van der Waals surface area (Å²) in [5.74, 6) is 0.717. The van der Waals surface area contributed by atoms with Crippen LogP contribution in [-0.2, 0) is 4.79 Å². The minimum atomic E-state index is -0.681. The maximum absolute atomic E-state index is 12.1. The maximum Gasteiger partial charge on any atom is 0.221 e. The van der Waals surface area contributed by atoms with E-state index in [1.165, 1.54) is 19.3 Å². The zero-order valence-electron chi connectivity index (χ0n) is 11.8. The van der Waals surface area contributed by atoms with Crippen molar-refractivity contribution >= 4 is 5.91 Å². The van der Waals surface area contributed by atoms with Crippen molar-refractivity contribution in [3.8, 4) is 6.07 Å². The molecule has 1 saturated carbocycles. The predicted molar refractivity (Wildman–Crippen MR) is 75.2 cm³/mol. The SMILES string of the molecule is C[C@@](C#N)(NC(=O)C[C@@H]1C=CCC1)C1CCCCC1. The van der Waals surface area contributed by atoms with Crippen molar-refractivity contribution in [3.05, 3.63) is 12.2 Å². The highest BCUT2D eigenvalue weighted by Crippen LogP contribution is 2.32. The summed E-state index contributed by atoms with van der Waals surface area (Å²) in [6, 6.07) is 2.35. The molecule has 2 atom stereocenters. The van der Waals surface area contributed by atoms with Crippen LogP contribution in [0.3, 0.4) is 0 Å². The number of nitrogens with one attached hydrogen (secondary N) is 1. The van der Waals surface area contributed by atoms with Gasteiger partial charge in [0.15, 0.2) is 0 Å². The Morgan fingerprint density at radius 2 is 2.11 bits per heavy atom. The third-order valence-corrected chi connectivity index (χ3v) is 4.61. The van der Waals surface area contributed by atoms with Crippen LogP contribution in [0.2, 0.25) is 0 Å². The van der Waals surface area contributed by atoms with E-state index in [2.05, 4.69) is 23.5 Å². The molecule has 104 valence electrons. The molecule has 1 fully saturated rings. The normalized spacial score (nSPS) is 26.6. The highest BCUT2D eigenvalue weighted by molar-refractivity contribution is 5.77. The number of amides is 1. The molecule has 3 heteroatoms. The van der Waals surface area contributed by atoms with Gasteiger partial charge >= 0.3 is 0 Å². The van der Waals surface area contributed by atoms with E-state index in [0.717, 1.165) is 25.7 Å². The highest BCUT2D eigenvalue weighted by atomic mass is 16.1. The molecule has 0 unspecified atom stereocenters. The lowest BCUT2D eigenvalue weighted by Gasteiger charge is -2.35. The third kappa shape index (κ3) is 3.59. The standard InChI is InChI=1S/C16H24N2O/c1-16(12-17,14-9-3-2-4-10-14)18-15(19)11-13-7-5-6-8-13/h5,7,13-14H,2-4,6,8-11H2,1H3,(H,18,19)/t13-,16+/m1/s1. The molecule has 0 aliphatic heterocycles. The lowest BCUT2D eigenvalue weighted by Crippen LogP contribution is -2.51. The second-order valence-corrected chi connectivity index (χ2v) is 6.17. The van der Waals surface area contributed by atoms with Gasteiger partial charge in [0.05, 0.1) is 6.07 Å². The summed E-state index contributed by atoms with van der Waals surface area (Å²) in [6.07, 6.45) is 12.7. The Kier molecular flexibility index (Phi) is 4.63. The Balaban J connectivity index is 1.91. The van der Waals surface area contributed by atoms with E-state index in [0.29, 0.717) is 18.3 Å². The van der Waals surface area contributed by atoms with Gasteiger partial charge in [0, 0.05) is 6.42 Å². The van der Waals surface area contributed by atoms with Gasteiger partial charge in [0.2, 0.25) is 5.91 Å². The molecule has 1 amide bonds. The monoisotopic (exact) mass is 260 g/mol. The third-order valence-electron chi connectivity index (χ3n) is 4.61. The molecule has 0 saturated heterocycles. The topological polar surface area (TPSA) is 52.9 Å². The molecule has 0 aromatic rings. The van der Waals surface area contributed by atoms with Gasteiger partial charge in [-0.2, -0.15) is 5.26 Å². The molecular formula is C16H24N2O. The number of nitriles is 1. The summed E-state index contributed by atoms with van der Waals surface area (Å²) in [5, 5.41) is 12.5. The van der Waals surface area contributed by atoms with Gasteiger partial charge in [0.25, 0.3) is 0 Å². The van der Waals surface area contributed by atoms with Crippen molar-refractivity contribution in [2.75, 3.05) is 0 Å². The molecular weight excluding hydrogens is 236 g/mol. The van der Waals surface area contributed by atoms with Gasteiger partial charge in [-0.15, -0.1) is 0 Å². The van der Waals surface area contributed by atoms with E-state index < -0.39 is 5.54 Å². The summed E-state index contributed by atoms with van der Waals surface area (Å²) in [7, 11) is 0. The van der Waals surface area contributed by atoms with Crippen molar-refractivity contribution in [1.82, 2.24) is 5.32 Å². The first-order valence-corrected chi connectivity index (χ1v) is 7.53. The van der Waals surface area contributed by atoms with Crippen molar-refractivity contribution < 1.29 is 4.79 Å². The molecule has 1 N–H and O–H groups in total. The smallest absolute Gasteiger partial charge is 0.221 e. The summed E-state index contributed by atoms with van der Waals surface area (Å²) in [5.41, 5.74) is -0.681. The Bertz CT molecular complexity index is 390. The highest BCUT2D eigenvalue weighted by Gasteiger charge is 2.36. The molecule has 0 aromatic carbocycles. The largest absolute Gasteiger partial charge is 0.338 e. The molecule has 0 spiro atoms. The Labute approximate surface area is 116 Å². The number of hydrogen-bond acceptors (Lipinski definition) is 2. The summed E-state index contributed by atoms with van der Waals surface area (Å²) >= 11 is 0. The fourth-order valence-electron chi connectivity index (χ4n) is 3.35. The van der Waals surface area contributed by atoms with Crippen LogP contribution >= 0.6 is 0 Å². The lowest BCUT2D eigenvalue weighted by molar-refractivity contribution is -0.123. The molecule has 2 aliphatic carbocycles. The fourth-order valence-corrected chi connectivity index (χ4v) is 3.35. The summed E-state index contributed by atoms with van der Waals surface area (Å²) < 4.78 is 0. The van der Waals surface area contributed by atoms with E-state index in [1.807, 2.05) is 6.92 Å². The summed E-state index contributed by atoms with van der Waals surface area (Å²) in [4.78, 5) is 12.1. The molecule has 0 aromatic heterocycles. The second-order valence-electron chi connectivity index (χ2n) is 6.17.